The molecule has 3 nitrogen and oxygen atoms in total. The molecule has 1 N–H and O–H groups in total. The number of thioether (sulfide) groups is 1. The molecule has 0 fully saturated rings. The van der Waals surface area contributed by atoms with Gasteiger partial charge in [-0.3, -0.25) is 0 Å². The SMILES string of the molecule is Cc1cc(SCC=C(c2ccccc2)c2cccc(C(F)C(F)F)c2)ccc1OCC(=O)O. The fraction of sp³-hybridized carbons (Fsp3) is 0.192. The van der Waals surface area contributed by atoms with Gasteiger partial charge < -0.3 is 9.84 Å². The normalized spacial score (nSPS) is 12.6. The van der Waals surface area contributed by atoms with Crippen LogP contribution in [0.2, 0.25) is 0 Å². The number of aliphatic carboxylic acids is 1. The maximum Gasteiger partial charge on any atom is 0.341 e. The molecule has 0 bridgehead atoms. The minimum Gasteiger partial charge on any atom is -0.482 e. The van der Waals surface area contributed by atoms with Crippen LogP contribution >= 0.6 is 11.8 Å². The molecular weight excluding hydrogens is 449 g/mol. The van der Waals surface area contributed by atoms with Crippen molar-refractivity contribution in [1.82, 2.24) is 0 Å². The van der Waals surface area contributed by atoms with Crippen molar-refractivity contribution >= 4 is 23.3 Å². The number of hydrogen-bond acceptors (Lipinski definition) is 3. The number of aryl methyl sites for hydroxylation is 1. The van der Waals surface area contributed by atoms with Gasteiger partial charge in [0.1, 0.15) is 5.75 Å². The Kier molecular flexibility index (Phi) is 8.60. The first kappa shape index (κ1) is 24.5. The zero-order valence-electron chi connectivity index (χ0n) is 17.9. The number of halogens is 3. The summed E-state index contributed by atoms with van der Waals surface area (Å²) in [5.41, 5.74) is 3.16. The molecule has 3 rings (SSSR count). The van der Waals surface area contributed by atoms with E-state index < -0.39 is 25.2 Å². The third-order valence-electron chi connectivity index (χ3n) is 4.86. The Labute approximate surface area is 194 Å². The molecule has 0 saturated carbocycles. The molecule has 0 aliphatic rings. The fourth-order valence-corrected chi connectivity index (χ4v) is 4.14. The van der Waals surface area contributed by atoms with Gasteiger partial charge in [-0.25, -0.2) is 18.0 Å². The quantitative estimate of drug-likeness (QED) is 0.324. The molecule has 1 atom stereocenters. The van der Waals surface area contributed by atoms with Gasteiger partial charge in [0.05, 0.1) is 0 Å². The molecule has 172 valence electrons. The van der Waals surface area contributed by atoms with Crippen molar-refractivity contribution < 1.29 is 27.8 Å². The van der Waals surface area contributed by atoms with Crippen LogP contribution in [0.15, 0.2) is 83.8 Å². The summed E-state index contributed by atoms with van der Waals surface area (Å²) in [4.78, 5) is 11.7. The Morgan fingerprint density at radius 1 is 1.00 bits per heavy atom. The van der Waals surface area contributed by atoms with E-state index in [1.165, 1.54) is 12.1 Å². The van der Waals surface area contributed by atoms with E-state index in [9.17, 15) is 18.0 Å². The Hall–Kier alpha value is -3.19. The fourth-order valence-electron chi connectivity index (χ4n) is 3.28. The molecule has 0 amide bonds. The zero-order valence-corrected chi connectivity index (χ0v) is 18.7. The second-order valence-electron chi connectivity index (χ2n) is 7.27. The minimum atomic E-state index is -3.08. The molecule has 0 aliphatic carbocycles. The standard InChI is InChI=1S/C26H23F3O3S/c1-17-14-21(10-11-23(17)32-16-24(30)31)33-13-12-22(18-6-3-2-4-7-18)19-8-5-9-20(15-19)25(27)26(28)29/h2-12,14-15,25-26H,13,16H2,1H3,(H,30,31). The highest BCUT2D eigenvalue weighted by atomic mass is 32.2. The third-order valence-corrected chi connectivity index (χ3v) is 5.78. The average Bonchev–Trinajstić information content (AvgIpc) is 2.81. The van der Waals surface area contributed by atoms with E-state index in [0.717, 1.165) is 21.6 Å². The average molecular weight is 473 g/mol. The minimum absolute atomic E-state index is 0.0513. The van der Waals surface area contributed by atoms with E-state index in [2.05, 4.69) is 0 Å². The largest absolute Gasteiger partial charge is 0.482 e. The molecule has 3 aromatic carbocycles. The second kappa shape index (κ2) is 11.6. The first-order valence-corrected chi connectivity index (χ1v) is 11.2. The predicted octanol–water partition coefficient (Wildman–Crippen LogP) is 6.96. The van der Waals surface area contributed by atoms with E-state index in [-0.39, 0.29) is 5.56 Å². The van der Waals surface area contributed by atoms with Gasteiger partial charge in [-0.1, -0.05) is 54.6 Å². The molecule has 0 aromatic heterocycles. The summed E-state index contributed by atoms with van der Waals surface area (Å²) < 4.78 is 44.9. The van der Waals surface area contributed by atoms with Crippen molar-refractivity contribution in [3.63, 3.8) is 0 Å². The van der Waals surface area contributed by atoms with Crippen LogP contribution in [0.25, 0.3) is 5.57 Å². The van der Waals surface area contributed by atoms with Crippen molar-refractivity contribution in [2.45, 2.75) is 24.4 Å². The number of carbonyl (C=O) groups is 1. The van der Waals surface area contributed by atoms with Crippen LogP contribution in [0, 0.1) is 6.92 Å². The van der Waals surface area contributed by atoms with Crippen LogP contribution in [-0.2, 0) is 4.79 Å². The van der Waals surface area contributed by atoms with E-state index in [0.29, 0.717) is 17.1 Å². The number of carboxylic acids is 1. The first-order chi connectivity index (χ1) is 15.8. The van der Waals surface area contributed by atoms with E-state index >= 15 is 0 Å². The molecule has 7 heteroatoms. The summed E-state index contributed by atoms with van der Waals surface area (Å²) in [6.07, 6.45) is -3.43. The van der Waals surface area contributed by atoms with Gasteiger partial charge in [-0.15, -0.1) is 11.8 Å². The summed E-state index contributed by atoms with van der Waals surface area (Å²) in [5, 5.41) is 8.76. The lowest BCUT2D eigenvalue weighted by Gasteiger charge is -2.13. The van der Waals surface area contributed by atoms with Gasteiger partial charge in [0, 0.05) is 10.6 Å². The summed E-state index contributed by atoms with van der Waals surface area (Å²) >= 11 is 1.56. The van der Waals surface area contributed by atoms with Gasteiger partial charge >= 0.3 is 5.97 Å². The molecule has 0 saturated heterocycles. The van der Waals surface area contributed by atoms with Crippen LogP contribution in [0.3, 0.4) is 0 Å². The van der Waals surface area contributed by atoms with Gasteiger partial charge in [0.25, 0.3) is 6.43 Å². The number of carboxylic acid groups (broad SMARTS) is 1. The molecular formula is C26H23F3O3S. The molecule has 3 aromatic rings. The van der Waals surface area contributed by atoms with Crippen molar-refractivity contribution in [1.29, 1.82) is 0 Å². The summed E-state index contributed by atoms with van der Waals surface area (Å²) in [5.74, 6) is 0.0546. The van der Waals surface area contributed by atoms with Crippen molar-refractivity contribution in [3.05, 3.63) is 101 Å². The van der Waals surface area contributed by atoms with Gasteiger partial charge in [-0.2, -0.15) is 0 Å². The molecule has 1 unspecified atom stereocenters. The van der Waals surface area contributed by atoms with Crippen molar-refractivity contribution in [2.24, 2.45) is 0 Å². The Bertz CT molecular complexity index is 1120. The molecule has 0 heterocycles. The monoisotopic (exact) mass is 472 g/mol. The second-order valence-corrected chi connectivity index (χ2v) is 8.36. The van der Waals surface area contributed by atoms with Crippen LogP contribution in [-0.4, -0.2) is 29.9 Å². The Morgan fingerprint density at radius 3 is 2.39 bits per heavy atom. The smallest absolute Gasteiger partial charge is 0.341 e. The highest BCUT2D eigenvalue weighted by Crippen LogP contribution is 2.31. The highest BCUT2D eigenvalue weighted by molar-refractivity contribution is 7.99. The van der Waals surface area contributed by atoms with E-state index in [1.54, 1.807) is 30.0 Å². The third kappa shape index (κ3) is 6.89. The van der Waals surface area contributed by atoms with Gasteiger partial charge in [-0.05, 0) is 59.0 Å². The van der Waals surface area contributed by atoms with Gasteiger partial charge in [0.15, 0.2) is 12.8 Å². The summed E-state index contributed by atoms with van der Waals surface area (Å²) in [7, 11) is 0. The predicted molar refractivity (Wildman–Crippen MR) is 125 cm³/mol. The van der Waals surface area contributed by atoms with E-state index in [1.807, 2.05) is 55.5 Å². The highest BCUT2D eigenvalue weighted by Gasteiger charge is 2.22. The number of hydrogen-bond donors (Lipinski definition) is 1. The van der Waals surface area contributed by atoms with Crippen LogP contribution in [0.4, 0.5) is 13.2 Å². The topological polar surface area (TPSA) is 46.5 Å². The molecule has 0 radical (unpaired) electrons. The Balaban J connectivity index is 1.82. The number of benzene rings is 3. The number of alkyl halides is 3. The van der Waals surface area contributed by atoms with Crippen molar-refractivity contribution in [2.75, 3.05) is 12.4 Å². The Morgan fingerprint density at radius 2 is 1.73 bits per heavy atom. The van der Waals surface area contributed by atoms with E-state index in [4.69, 9.17) is 9.84 Å². The molecule has 33 heavy (non-hydrogen) atoms. The molecule has 0 aliphatic heterocycles. The first-order valence-electron chi connectivity index (χ1n) is 10.2. The number of rotatable bonds is 10. The zero-order chi connectivity index (χ0) is 23.8. The van der Waals surface area contributed by atoms with Gasteiger partial charge in [0.2, 0.25) is 0 Å². The van der Waals surface area contributed by atoms with Crippen molar-refractivity contribution in [3.8, 4) is 5.75 Å². The lowest BCUT2D eigenvalue weighted by Crippen LogP contribution is -2.09. The molecule has 0 spiro atoms. The summed E-state index contributed by atoms with van der Waals surface area (Å²) in [6, 6.07) is 21.2. The number of ether oxygens (including phenoxy) is 1. The maximum atomic E-state index is 13.9. The van der Waals surface area contributed by atoms with Crippen LogP contribution in [0.5, 0.6) is 5.75 Å². The van der Waals surface area contributed by atoms with Crippen LogP contribution in [0.1, 0.15) is 28.4 Å². The van der Waals surface area contributed by atoms with Crippen LogP contribution < -0.4 is 4.74 Å². The lowest BCUT2D eigenvalue weighted by molar-refractivity contribution is -0.139. The lowest BCUT2D eigenvalue weighted by atomic mass is 9.95. The maximum absolute atomic E-state index is 13.9. The summed E-state index contributed by atoms with van der Waals surface area (Å²) in [6.45, 7) is 1.44.